The summed E-state index contributed by atoms with van der Waals surface area (Å²) in [6, 6.07) is 11.7. The number of carbonyl (C=O) groups excluding carboxylic acids is 2. The number of nitrogens with zero attached hydrogens (tertiary/aromatic N) is 1. The van der Waals surface area contributed by atoms with Crippen LogP contribution in [-0.2, 0) is 4.99 Å². The fourth-order valence-corrected chi connectivity index (χ4v) is 2.25. The van der Waals surface area contributed by atoms with Gasteiger partial charge in [0.2, 0.25) is 0 Å². The van der Waals surface area contributed by atoms with Crippen LogP contribution in [0.15, 0.2) is 42.5 Å². The highest BCUT2D eigenvalue weighted by Gasteiger charge is 2.21. The molecule has 23 heavy (non-hydrogen) atoms. The lowest BCUT2D eigenvalue weighted by atomic mass is 9.94. The third kappa shape index (κ3) is 3.56. The summed E-state index contributed by atoms with van der Waals surface area (Å²) in [5, 5.41) is 8.48. The molecule has 0 atom stereocenters. The van der Waals surface area contributed by atoms with Gasteiger partial charge in [-0.1, -0.05) is 24.3 Å². The van der Waals surface area contributed by atoms with Crippen LogP contribution >= 0.6 is 0 Å². The topological polar surface area (TPSA) is 78.9 Å². The van der Waals surface area contributed by atoms with Gasteiger partial charge in [-0.2, -0.15) is 0 Å². The average molecular weight is 314 g/mol. The van der Waals surface area contributed by atoms with E-state index in [1.165, 1.54) is 17.0 Å². The predicted molar refractivity (Wildman–Crippen MR) is 86.4 cm³/mol. The molecule has 1 amide bonds. The minimum absolute atomic E-state index is 0.227. The number of hydrogen-bond acceptors (Lipinski definition) is 5. The molecule has 0 aliphatic carbocycles. The zero-order valence-electron chi connectivity index (χ0n) is 13.2. The molecule has 6 nitrogen and oxygen atoms in total. The molecule has 0 aromatic heterocycles. The van der Waals surface area contributed by atoms with Gasteiger partial charge >= 0.3 is 0 Å². The van der Waals surface area contributed by atoms with E-state index in [0.29, 0.717) is 16.8 Å². The van der Waals surface area contributed by atoms with Crippen molar-refractivity contribution in [1.29, 1.82) is 0 Å². The lowest BCUT2D eigenvalue weighted by Crippen LogP contribution is -2.24. The highest BCUT2D eigenvalue weighted by Crippen LogP contribution is 2.22. The van der Waals surface area contributed by atoms with Crippen LogP contribution in [-0.4, -0.2) is 35.9 Å². The van der Waals surface area contributed by atoms with Crippen LogP contribution < -0.4 is 5.48 Å². The van der Waals surface area contributed by atoms with Crippen LogP contribution in [0.3, 0.4) is 0 Å². The smallest absolute Gasteiger partial charge is 0.254 e. The van der Waals surface area contributed by atoms with Gasteiger partial charge in [0.15, 0.2) is 5.78 Å². The number of ketones is 1. The zero-order valence-corrected chi connectivity index (χ0v) is 13.2. The van der Waals surface area contributed by atoms with E-state index >= 15 is 0 Å². The van der Waals surface area contributed by atoms with E-state index in [1.54, 1.807) is 32.3 Å². The summed E-state index contributed by atoms with van der Waals surface area (Å²) in [7, 11) is 3.21. The largest absolute Gasteiger partial charge is 0.345 e. The van der Waals surface area contributed by atoms with Crippen molar-refractivity contribution in [3.05, 3.63) is 64.7 Å². The standard InChI is InChI=1S/C17H18N2O4/c1-11-6-4-5-7-13(11)16(20)14-9-8-12(18-23-22)10-15(14)17(21)19(2)3/h4-10,18,22H,1-3H3. The van der Waals surface area contributed by atoms with Gasteiger partial charge in [0.05, 0.1) is 11.3 Å². The maximum Gasteiger partial charge on any atom is 0.254 e. The lowest BCUT2D eigenvalue weighted by molar-refractivity contribution is -0.215. The van der Waals surface area contributed by atoms with Crippen LogP contribution in [0.4, 0.5) is 5.69 Å². The Morgan fingerprint density at radius 1 is 1.04 bits per heavy atom. The Kier molecular flexibility index (Phi) is 5.10. The molecule has 0 saturated heterocycles. The Labute approximate surface area is 134 Å². The predicted octanol–water partition coefficient (Wildman–Crippen LogP) is 2.74. The number of rotatable bonds is 5. The second kappa shape index (κ2) is 7.04. The summed E-state index contributed by atoms with van der Waals surface area (Å²) in [6.07, 6.45) is 0. The summed E-state index contributed by atoms with van der Waals surface area (Å²) in [4.78, 5) is 30.4. The number of amides is 1. The van der Waals surface area contributed by atoms with E-state index in [0.717, 1.165) is 5.56 Å². The molecule has 0 heterocycles. The van der Waals surface area contributed by atoms with Crippen molar-refractivity contribution in [2.75, 3.05) is 19.6 Å². The summed E-state index contributed by atoms with van der Waals surface area (Å²) >= 11 is 0. The van der Waals surface area contributed by atoms with E-state index in [4.69, 9.17) is 5.26 Å². The number of anilines is 1. The minimum Gasteiger partial charge on any atom is -0.345 e. The minimum atomic E-state index is -0.316. The van der Waals surface area contributed by atoms with Crippen LogP contribution in [0.1, 0.15) is 31.8 Å². The maximum atomic E-state index is 12.8. The Hall–Kier alpha value is -2.70. The van der Waals surface area contributed by atoms with Gasteiger partial charge in [0, 0.05) is 25.2 Å². The van der Waals surface area contributed by atoms with E-state index in [9.17, 15) is 9.59 Å². The van der Waals surface area contributed by atoms with Gasteiger partial charge in [-0.15, -0.1) is 4.99 Å². The number of aryl methyl sites for hydroxylation is 1. The van der Waals surface area contributed by atoms with Crippen molar-refractivity contribution < 1.29 is 19.8 Å². The van der Waals surface area contributed by atoms with Gasteiger partial charge in [-0.25, -0.2) is 10.7 Å². The molecule has 2 aromatic carbocycles. The first-order chi connectivity index (χ1) is 11.0. The van der Waals surface area contributed by atoms with E-state index in [-0.39, 0.29) is 17.3 Å². The first-order valence-electron chi connectivity index (χ1n) is 6.98. The summed E-state index contributed by atoms with van der Waals surface area (Å²) in [5.41, 5.74) is 4.49. The molecule has 6 heteroatoms. The molecular weight excluding hydrogens is 296 g/mol. The third-order valence-electron chi connectivity index (χ3n) is 3.45. The van der Waals surface area contributed by atoms with Crippen LogP contribution in [0.5, 0.6) is 0 Å². The van der Waals surface area contributed by atoms with Crippen molar-refractivity contribution in [1.82, 2.24) is 4.90 Å². The monoisotopic (exact) mass is 314 g/mol. The Balaban J connectivity index is 2.55. The number of hydrogen-bond donors (Lipinski definition) is 2. The SMILES string of the molecule is Cc1ccccc1C(=O)c1ccc(NOO)cc1C(=O)N(C)C. The van der Waals surface area contributed by atoms with E-state index < -0.39 is 0 Å². The maximum absolute atomic E-state index is 12.8. The van der Waals surface area contributed by atoms with Crippen molar-refractivity contribution >= 4 is 17.4 Å². The molecule has 0 radical (unpaired) electrons. The normalized spacial score (nSPS) is 10.3. The number of nitrogens with one attached hydrogen (secondary N) is 1. The first kappa shape index (κ1) is 16.7. The molecule has 0 bridgehead atoms. The zero-order chi connectivity index (χ0) is 17.0. The second-order valence-electron chi connectivity index (χ2n) is 5.30. The first-order valence-corrected chi connectivity index (χ1v) is 6.98. The third-order valence-corrected chi connectivity index (χ3v) is 3.45. The molecule has 2 rings (SSSR count). The molecule has 0 saturated carbocycles. The van der Waals surface area contributed by atoms with E-state index in [1.807, 2.05) is 19.1 Å². The van der Waals surface area contributed by atoms with Crippen molar-refractivity contribution in [2.45, 2.75) is 6.92 Å². The van der Waals surface area contributed by atoms with Crippen LogP contribution in [0.25, 0.3) is 0 Å². The fourth-order valence-electron chi connectivity index (χ4n) is 2.25. The Bertz CT molecular complexity index is 741. The van der Waals surface area contributed by atoms with Gasteiger partial charge < -0.3 is 4.90 Å². The van der Waals surface area contributed by atoms with E-state index in [2.05, 4.69) is 10.5 Å². The summed E-state index contributed by atoms with van der Waals surface area (Å²) in [5.74, 6) is -0.548. The Morgan fingerprint density at radius 3 is 2.35 bits per heavy atom. The highest BCUT2D eigenvalue weighted by atomic mass is 17.2. The summed E-state index contributed by atoms with van der Waals surface area (Å²) < 4.78 is 0. The molecule has 120 valence electrons. The number of benzene rings is 2. The fraction of sp³-hybridized carbons (Fsp3) is 0.176. The number of carbonyl (C=O) groups is 2. The molecule has 0 spiro atoms. The van der Waals surface area contributed by atoms with Gasteiger partial charge in [0.1, 0.15) is 0 Å². The van der Waals surface area contributed by atoms with Gasteiger partial charge in [-0.05, 0) is 30.7 Å². The molecule has 2 N–H and O–H groups in total. The lowest BCUT2D eigenvalue weighted by Gasteiger charge is -2.15. The Morgan fingerprint density at radius 2 is 1.74 bits per heavy atom. The van der Waals surface area contributed by atoms with Gasteiger partial charge in [0.25, 0.3) is 5.91 Å². The average Bonchev–Trinajstić information content (AvgIpc) is 2.54. The highest BCUT2D eigenvalue weighted by molar-refractivity contribution is 6.16. The van der Waals surface area contributed by atoms with Gasteiger partial charge in [-0.3, -0.25) is 9.59 Å². The quantitative estimate of drug-likeness (QED) is 0.504. The molecule has 2 aromatic rings. The van der Waals surface area contributed by atoms with Crippen LogP contribution in [0.2, 0.25) is 0 Å². The summed E-state index contributed by atoms with van der Waals surface area (Å²) in [6.45, 7) is 1.84. The van der Waals surface area contributed by atoms with Crippen molar-refractivity contribution in [3.63, 3.8) is 0 Å². The van der Waals surface area contributed by atoms with Crippen molar-refractivity contribution in [2.24, 2.45) is 0 Å². The molecule has 0 aliphatic heterocycles. The molecule has 0 fully saturated rings. The second-order valence-corrected chi connectivity index (χ2v) is 5.30. The molecular formula is C17H18N2O4. The molecule has 0 aliphatic rings. The van der Waals surface area contributed by atoms with Crippen LogP contribution in [0, 0.1) is 6.92 Å². The molecule has 0 unspecified atom stereocenters. The van der Waals surface area contributed by atoms with Crippen molar-refractivity contribution in [3.8, 4) is 0 Å².